The molecule has 35 heavy (non-hydrogen) atoms. The third-order valence-corrected chi connectivity index (χ3v) is 5.34. The summed E-state index contributed by atoms with van der Waals surface area (Å²) in [6, 6.07) is 24.3. The Hall–Kier alpha value is -4.49. The lowest BCUT2D eigenvalue weighted by molar-refractivity contribution is -0.136. The van der Waals surface area contributed by atoms with E-state index in [0.29, 0.717) is 21.8 Å². The minimum atomic E-state index is -0.963. The number of hydrogen-bond donors (Lipinski definition) is 2. The summed E-state index contributed by atoms with van der Waals surface area (Å²) in [5.41, 5.74) is 4.51. The molecular weight excluding hydrogens is 466 g/mol. The molecule has 0 radical (unpaired) electrons. The van der Waals surface area contributed by atoms with Crippen LogP contribution in [0.1, 0.15) is 21.5 Å². The first-order valence-corrected chi connectivity index (χ1v) is 11.0. The third kappa shape index (κ3) is 5.90. The Bertz CT molecular complexity index is 1430. The predicted octanol–water partition coefficient (Wildman–Crippen LogP) is 5.11. The lowest BCUT2D eigenvalue weighted by Gasteiger charge is -2.11. The number of carbonyl (C=O) groups excluding carboxylic acids is 3. The standard InChI is InChI=1S/C27H20ClN3O4/c1-17-6-8-19(9-7-17)27(34)35-24-15-10-18-4-2-3-5-22(18)23(24)16-29-31-26(33)25(32)30-21-13-11-20(28)12-14-21/h2-16H,1H3,(H,30,32)(H,31,33)/b29-16+. The number of halogens is 1. The van der Waals surface area contributed by atoms with E-state index in [-0.39, 0.29) is 5.75 Å². The van der Waals surface area contributed by atoms with Gasteiger partial charge in [0.25, 0.3) is 0 Å². The van der Waals surface area contributed by atoms with E-state index in [1.54, 1.807) is 42.5 Å². The summed E-state index contributed by atoms with van der Waals surface area (Å²) in [7, 11) is 0. The van der Waals surface area contributed by atoms with E-state index in [1.807, 2.05) is 49.4 Å². The van der Waals surface area contributed by atoms with Crippen LogP contribution >= 0.6 is 11.6 Å². The van der Waals surface area contributed by atoms with E-state index in [9.17, 15) is 14.4 Å². The Balaban J connectivity index is 1.53. The van der Waals surface area contributed by atoms with Gasteiger partial charge in [0.05, 0.1) is 11.8 Å². The first-order chi connectivity index (χ1) is 16.9. The summed E-state index contributed by atoms with van der Waals surface area (Å²) >= 11 is 5.82. The molecule has 7 nitrogen and oxygen atoms in total. The van der Waals surface area contributed by atoms with Crippen molar-refractivity contribution in [2.24, 2.45) is 5.10 Å². The van der Waals surface area contributed by atoms with Crippen molar-refractivity contribution in [3.8, 4) is 5.75 Å². The minimum Gasteiger partial charge on any atom is -0.422 e. The van der Waals surface area contributed by atoms with Gasteiger partial charge >= 0.3 is 17.8 Å². The summed E-state index contributed by atoms with van der Waals surface area (Å²) < 4.78 is 5.64. The molecule has 0 atom stereocenters. The summed E-state index contributed by atoms with van der Waals surface area (Å²) in [6.07, 6.45) is 1.34. The third-order valence-electron chi connectivity index (χ3n) is 5.09. The molecule has 0 aliphatic rings. The van der Waals surface area contributed by atoms with Crippen LogP contribution in [-0.2, 0) is 9.59 Å². The van der Waals surface area contributed by atoms with Crippen LogP contribution in [0.5, 0.6) is 5.75 Å². The van der Waals surface area contributed by atoms with E-state index in [0.717, 1.165) is 16.3 Å². The summed E-state index contributed by atoms with van der Waals surface area (Å²) in [4.78, 5) is 37.0. The van der Waals surface area contributed by atoms with Gasteiger partial charge in [-0.1, -0.05) is 59.6 Å². The van der Waals surface area contributed by atoms with Gasteiger partial charge in [-0.05, 0) is 60.2 Å². The second-order valence-electron chi connectivity index (χ2n) is 7.61. The number of amides is 2. The molecule has 174 valence electrons. The number of esters is 1. The van der Waals surface area contributed by atoms with Crippen molar-refractivity contribution < 1.29 is 19.1 Å². The average molecular weight is 486 g/mol. The zero-order chi connectivity index (χ0) is 24.8. The fourth-order valence-electron chi connectivity index (χ4n) is 3.27. The van der Waals surface area contributed by atoms with Crippen LogP contribution < -0.4 is 15.5 Å². The van der Waals surface area contributed by atoms with Gasteiger partial charge in [-0.15, -0.1) is 0 Å². The van der Waals surface area contributed by atoms with Gasteiger partial charge in [0, 0.05) is 16.3 Å². The number of benzene rings is 4. The highest BCUT2D eigenvalue weighted by atomic mass is 35.5. The molecule has 0 aliphatic carbocycles. The van der Waals surface area contributed by atoms with E-state index in [2.05, 4.69) is 15.8 Å². The zero-order valence-electron chi connectivity index (χ0n) is 18.6. The van der Waals surface area contributed by atoms with E-state index >= 15 is 0 Å². The number of ether oxygens (including phenoxy) is 1. The van der Waals surface area contributed by atoms with Crippen molar-refractivity contribution in [2.45, 2.75) is 6.92 Å². The lowest BCUT2D eigenvalue weighted by atomic mass is 10.0. The van der Waals surface area contributed by atoms with Crippen LogP contribution in [0.4, 0.5) is 5.69 Å². The van der Waals surface area contributed by atoms with Crippen LogP contribution in [-0.4, -0.2) is 24.0 Å². The molecule has 0 heterocycles. The number of carbonyl (C=O) groups is 3. The Morgan fingerprint density at radius 1 is 0.857 bits per heavy atom. The maximum absolute atomic E-state index is 12.7. The Kier molecular flexibility index (Phi) is 7.18. The Labute approximate surface area is 206 Å². The fourth-order valence-corrected chi connectivity index (χ4v) is 3.40. The van der Waals surface area contributed by atoms with Gasteiger partial charge in [-0.2, -0.15) is 5.10 Å². The van der Waals surface area contributed by atoms with Gasteiger partial charge in [-0.3, -0.25) is 9.59 Å². The van der Waals surface area contributed by atoms with E-state index < -0.39 is 17.8 Å². The molecule has 0 aliphatic heterocycles. The van der Waals surface area contributed by atoms with Gasteiger partial charge in [0.1, 0.15) is 5.75 Å². The second kappa shape index (κ2) is 10.6. The van der Waals surface area contributed by atoms with Gasteiger partial charge in [0.15, 0.2) is 0 Å². The van der Waals surface area contributed by atoms with Crippen LogP contribution in [0.25, 0.3) is 10.8 Å². The van der Waals surface area contributed by atoms with Crippen molar-refractivity contribution in [1.29, 1.82) is 0 Å². The molecule has 0 spiro atoms. The van der Waals surface area contributed by atoms with Crippen LogP contribution in [0.15, 0.2) is 90.0 Å². The van der Waals surface area contributed by atoms with Crippen molar-refractivity contribution >= 4 is 52.1 Å². The number of nitrogens with one attached hydrogen (secondary N) is 2. The molecule has 0 saturated heterocycles. The quantitative estimate of drug-likeness (QED) is 0.135. The molecular formula is C27H20ClN3O4. The van der Waals surface area contributed by atoms with Crippen LogP contribution in [0.3, 0.4) is 0 Å². The first-order valence-electron chi connectivity index (χ1n) is 10.6. The Morgan fingerprint density at radius 2 is 1.57 bits per heavy atom. The first kappa shape index (κ1) is 23.7. The average Bonchev–Trinajstić information content (AvgIpc) is 2.86. The van der Waals surface area contributed by atoms with Gasteiger partial charge < -0.3 is 10.1 Å². The molecule has 2 amide bonds. The van der Waals surface area contributed by atoms with Crippen molar-refractivity contribution in [3.05, 3.63) is 107 Å². The summed E-state index contributed by atoms with van der Waals surface area (Å²) in [6.45, 7) is 1.93. The number of fused-ring (bicyclic) bond motifs is 1. The molecule has 0 unspecified atom stereocenters. The zero-order valence-corrected chi connectivity index (χ0v) is 19.4. The smallest absolute Gasteiger partial charge is 0.343 e. The maximum atomic E-state index is 12.7. The second-order valence-corrected chi connectivity index (χ2v) is 8.05. The number of anilines is 1. The van der Waals surface area contributed by atoms with Crippen LogP contribution in [0, 0.1) is 6.92 Å². The van der Waals surface area contributed by atoms with Crippen LogP contribution in [0.2, 0.25) is 5.02 Å². The number of hydrazone groups is 1. The lowest BCUT2D eigenvalue weighted by Crippen LogP contribution is -2.32. The van der Waals surface area contributed by atoms with Crippen molar-refractivity contribution in [3.63, 3.8) is 0 Å². The largest absolute Gasteiger partial charge is 0.422 e. The van der Waals surface area contributed by atoms with Crippen molar-refractivity contribution in [1.82, 2.24) is 5.43 Å². The number of hydrogen-bond acceptors (Lipinski definition) is 5. The van der Waals surface area contributed by atoms with E-state index in [1.165, 1.54) is 6.21 Å². The number of aryl methyl sites for hydroxylation is 1. The topological polar surface area (TPSA) is 96.9 Å². The Morgan fingerprint density at radius 3 is 2.31 bits per heavy atom. The maximum Gasteiger partial charge on any atom is 0.343 e. The molecule has 0 aromatic heterocycles. The molecule has 8 heteroatoms. The molecule has 4 aromatic rings. The molecule has 4 rings (SSSR count). The highest BCUT2D eigenvalue weighted by Gasteiger charge is 2.15. The molecule has 4 aromatic carbocycles. The van der Waals surface area contributed by atoms with Gasteiger partial charge in [-0.25, -0.2) is 10.2 Å². The van der Waals surface area contributed by atoms with Crippen molar-refractivity contribution in [2.75, 3.05) is 5.32 Å². The highest BCUT2D eigenvalue weighted by Crippen LogP contribution is 2.27. The van der Waals surface area contributed by atoms with Gasteiger partial charge in [0.2, 0.25) is 0 Å². The van der Waals surface area contributed by atoms with E-state index in [4.69, 9.17) is 16.3 Å². The normalized spacial score (nSPS) is 10.8. The molecule has 0 fully saturated rings. The minimum absolute atomic E-state index is 0.262. The number of rotatable bonds is 5. The molecule has 0 bridgehead atoms. The SMILES string of the molecule is Cc1ccc(C(=O)Oc2ccc3ccccc3c2/C=N/NC(=O)C(=O)Nc2ccc(Cl)cc2)cc1. The molecule has 2 N–H and O–H groups in total. The summed E-state index contributed by atoms with van der Waals surface area (Å²) in [5, 5.41) is 8.52. The monoisotopic (exact) mass is 485 g/mol. The fraction of sp³-hybridized carbons (Fsp3) is 0.0370. The summed E-state index contributed by atoms with van der Waals surface area (Å²) in [5.74, 6) is -2.12. The predicted molar refractivity (Wildman–Crippen MR) is 136 cm³/mol. The molecule has 0 saturated carbocycles. The highest BCUT2D eigenvalue weighted by molar-refractivity contribution is 6.39. The number of nitrogens with zero attached hydrogens (tertiary/aromatic N) is 1.